The number of nitrogens with zero attached hydrogens (tertiary/aromatic N) is 2. The summed E-state index contributed by atoms with van der Waals surface area (Å²) in [6.07, 6.45) is 5.07. The summed E-state index contributed by atoms with van der Waals surface area (Å²) in [6.45, 7) is 4.10. The van der Waals surface area contributed by atoms with Crippen molar-refractivity contribution >= 4 is 5.91 Å². The zero-order valence-electron chi connectivity index (χ0n) is 14.2. The summed E-state index contributed by atoms with van der Waals surface area (Å²) in [4.78, 5) is 13.0. The smallest absolute Gasteiger partial charge is 0.248 e. The van der Waals surface area contributed by atoms with Gasteiger partial charge in [0.25, 0.3) is 0 Å². The molecule has 128 valence electrons. The van der Waals surface area contributed by atoms with Crippen molar-refractivity contribution in [3.8, 4) is 5.75 Å². The number of aromatic nitrogens is 2. The molecule has 1 aromatic heterocycles. The van der Waals surface area contributed by atoms with E-state index < -0.39 is 5.54 Å². The van der Waals surface area contributed by atoms with E-state index in [0.29, 0.717) is 6.54 Å². The lowest BCUT2D eigenvalue weighted by atomic mass is 9.87. The van der Waals surface area contributed by atoms with E-state index in [1.807, 2.05) is 37.4 Å². The maximum Gasteiger partial charge on any atom is 0.248 e. The van der Waals surface area contributed by atoms with Gasteiger partial charge >= 0.3 is 0 Å². The van der Waals surface area contributed by atoms with E-state index in [2.05, 4.69) is 15.7 Å². The van der Waals surface area contributed by atoms with Gasteiger partial charge in [0.2, 0.25) is 5.91 Å². The highest BCUT2D eigenvalue weighted by molar-refractivity contribution is 5.84. The first-order valence-electron chi connectivity index (χ1n) is 8.28. The minimum Gasteiger partial charge on any atom is -0.496 e. The number of hydrogen-bond donors (Lipinski definition) is 2. The third kappa shape index (κ3) is 3.14. The first kappa shape index (κ1) is 16.5. The van der Waals surface area contributed by atoms with Gasteiger partial charge in [-0.15, -0.1) is 0 Å². The first-order chi connectivity index (χ1) is 11.7. The van der Waals surface area contributed by atoms with Gasteiger partial charge in [0.05, 0.1) is 7.11 Å². The van der Waals surface area contributed by atoms with E-state index in [1.165, 1.54) is 0 Å². The van der Waals surface area contributed by atoms with Crippen molar-refractivity contribution in [1.29, 1.82) is 0 Å². The Morgan fingerprint density at radius 1 is 1.42 bits per heavy atom. The molecule has 0 spiro atoms. The maximum atomic E-state index is 13.0. The van der Waals surface area contributed by atoms with Crippen LogP contribution in [-0.4, -0.2) is 35.9 Å². The molecule has 2 N–H and O–H groups in total. The van der Waals surface area contributed by atoms with Crippen LogP contribution < -0.4 is 15.4 Å². The van der Waals surface area contributed by atoms with Gasteiger partial charge < -0.3 is 15.4 Å². The molecule has 2 heterocycles. The van der Waals surface area contributed by atoms with Gasteiger partial charge in [0.1, 0.15) is 11.3 Å². The predicted molar refractivity (Wildman–Crippen MR) is 91.9 cm³/mol. The number of nitrogens with one attached hydrogen (secondary N) is 2. The Bertz CT molecular complexity index is 691. The lowest BCUT2D eigenvalue weighted by molar-refractivity contribution is -0.132. The van der Waals surface area contributed by atoms with Gasteiger partial charge in [-0.1, -0.05) is 12.1 Å². The fraction of sp³-hybridized carbons (Fsp3) is 0.444. The van der Waals surface area contributed by atoms with E-state index in [4.69, 9.17) is 4.74 Å². The van der Waals surface area contributed by atoms with Crippen LogP contribution in [0, 0.1) is 6.92 Å². The van der Waals surface area contributed by atoms with Crippen molar-refractivity contribution in [1.82, 2.24) is 20.4 Å². The van der Waals surface area contributed by atoms with Gasteiger partial charge in [-0.05, 0) is 56.1 Å². The average molecular weight is 328 g/mol. The summed E-state index contributed by atoms with van der Waals surface area (Å²) >= 11 is 0. The van der Waals surface area contributed by atoms with Gasteiger partial charge in [-0.3, -0.25) is 9.48 Å². The number of benzene rings is 1. The Morgan fingerprint density at radius 2 is 2.21 bits per heavy atom. The average Bonchev–Trinajstić information content (AvgIpc) is 3.16. The van der Waals surface area contributed by atoms with Crippen LogP contribution in [0.15, 0.2) is 36.7 Å². The van der Waals surface area contributed by atoms with Crippen LogP contribution in [0.1, 0.15) is 24.0 Å². The molecule has 24 heavy (non-hydrogen) atoms. The Balaban J connectivity index is 1.75. The lowest BCUT2D eigenvalue weighted by Gasteiger charge is -2.36. The lowest BCUT2D eigenvalue weighted by Crippen LogP contribution is -2.54. The zero-order chi connectivity index (χ0) is 17.0. The van der Waals surface area contributed by atoms with Gasteiger partial charge in [0, 0.05) is 18.9 Å². The first-order valence-corrected chi connectivity index (χ1v) is 8.28. The number of amides is 1. The molecule has 1 aromatic carbocycles. The van der Waals surface area contributed by atoms with Crippen LogP contribution in [0.2, 0.25) is 0 Å². The molecule has 0 unspecified atom stereocenters. The number of rotatable bonds is 5. The Morgan fingerprint density at radius 3 is 2.88 bits per heavy atom. The topological polar surface area (TPSA) is 68.2 Å². The summed E-state index contributed by atoms with van der Waals surface area (Å²) in [5.41, 5.74) is 1.50. The number of piperidine rings is 1. The molecule has 6 nitrogen and oxygen atoms in total. The molecule has 1 fully saturated rings. The molecule has 0 atom stereocenters. The van der Waals surface area contributed by atoms with Gasteiger partial charge in [0.15, 0.2) is 0 Å². The zero-order valence-corrected chi connectivity index (χ0v) is 14.2. The molecule has 0 bridgehead atoms. The highest BCUT2D eigenvalue weighted by Gasteiger charge is 2.41. The quantitative estimate of drug-likeness (QED) is 0.875. The summed E-state index contributed by atoms with van der Waals surface area (Å²) in [6, 6.07) is 7.86. The molecule has 0 saturated carbocycles. The third-order valence-electron chi connectivity index (χ3n) is 4.72. The number of carbonyl (C=O) groups is 1. The van der Waals surface area contributed by atoms with Crippen molar-refractivity contribution in [2.75, 3.05) is 20.2 Å². The van der Waals surface area contributed by atoms with E-state index in [1.54, 1.807) is 18.0 Å². The van der Waals surface area contributed by atoms with Crippen LogP contribution in [0.4, 0.5) is 0 Å². The molecule has 3 rings (SSSR count). The van der Waals surface area contributed by atoms with Crippen molar-refractivity contribution in [2.24, 2.45) is 0 Å². The van der Waals surface area contributed by atoms with Crippen LogP contribution in [0.5, 0.6) is 5.75 Å². The molecule has 0 aliphatic carbocycles. The van der Waals surface area contributed by atoms with Gasteiger partial charge in [-0.25, -0.2) is 0 Å². The summed E-state index contributed by atoms with van der Waals surface area (Å²) < 4.78 is 7.16. The SMILES string of the molecule is COc1cc(CNC(=O)C2(n3cccn3)CCNCC2)ccc1C. The second-order valence-electron chi connectivity index (χ2n) is 6.22. The fourth-order valence-electron chi connectivity index (χ4n) is 3.24. The van der Waals surface area contributed by atoms with Crippen LogP contribution in [-0.2, 0) is 16.9 Å². The predicted octanol–water partition coefficient (Wildman–Crippen LogP) is 1.60. The number of hydrogen-bond acceptors (Lipinski definition) is 4. The monoisotopic (exact) mass is 328 g/mol. The van der Waals surface area contributed by atoms with E-state index in [0.717, 1.165) is 42.8 Å². The number of carbonyl (C=O) groups excluding carboxylic acids is 1. The van der Waals surface area contributed by atoms with Crippen LogP contribution >= 0.6 is 0 Å². The third-order valence-corrected chi connectivity index (χ3v) is 4.72. The Kier molecular flexibility index (Phi) is 4.85. The molecule has 2 aromatic rings. The number of ether oxygens (including phenoxy) is 1. The number of aryl methyl sites for hydroxylation is 1. The maximum absolute atomic E-state index is 13.0. The van der Waals surface area contributed by atoms with Crippen molar-refractivity contribution in [3.63, 3.8) is 0 Å². The van der Waals surface area contributed by atoms with Crippen molar-refractivity contribution in [3.05, 3.63) is 47.8 Å². The fourth-order valence-corrected chi connectivity index (χ4v) is 3.24. The largest absolute Gasteiger partial charge is 0.496 e. The molecule has 1 saturated heterocycles. The minimum absolute atomic E-state index is 0.0206. The summed E-state index contributed by atoms with van der Waals surface area (Å²) in [7, 11) is 1.66. The molecule has 1 aliphatic rings. The molecule has 0 radical (unpaired) electrons. The second-order valence-corrected chi connectivity index (χ2v) is 6.22. The van der Waals surface area contributed by atoms with Crippen molar-refractivity contribution in [2.45, 2.75) is 31.8 Å². The van der Waals surface area contributed by atoms with Crippen molar-refractivity contribution < 1.29 is 9.53 Å². The molecular weight excluding hydrogens is 304 g/mol. The molecule has 1 aliphatic heterocycles. The minimum atomic E-state index is -0.608. The number of methoxy groups -OCH3 is 1. The van der Waals surface area contributed by atoms with E-state index in [9.17, 15) is 4.79 Å². The Labute approximate surface area is 142 Å². The Hall–Kier alpha value is -2.34. The molecule has 1 amide bonds. The van der Waals surface area contributed by atoms with Crippen LogP contribution in [0.3, 0.4) is 0 Å². The summed E-state index contributed by atoms with van der Waals surface area (Å²) in [5.74, 6) is 0.859. The molecular formula is C18H24N4O2. The highest BCUT2D eigenvalue weighted by atomic mass is 16.5. The van der Waals surface area contributed by atoms with E-state index in [-0.39, 0.29) is 5.91 Å². The highest BCUT2D eigenvalue weighted by Crippen LogP contribution is 2.27. The van der Waals surface area contributed by atoms with E-state index >= 15 is 0 Å². The van der Waals surface area contributed by atoms with Gasteiger partial charge in [-0.2, -0.15) is 5.10 Å². The summed E-state index contributed by atoms with van der Waals surface area (Å²) in [5, 5.41) is 10.7. The normalized spacial score (nSPS) is 16.6. The standard InChI is InChI=1S/C18H24N4O2/c1-14-4-5-15(12-16(14)24-2)13-20-17(23)18(6-9-19-10-7-18)22-11-3-8-21-22/h3-5,8,11-12,19H,6-7,9-10,13H2,1-2H3,(H,20,23). The molecule has 6 heteroatoms. The second kappa shape index (κ2) is 7.05. The van der Waals surface area contributed by atoms with Crippen LogP contribution in [0.25, 0.3) is 0 Å².